The Morgan fingerprint density at radius 3 is 2.45 bits per heavy atom. The van der Waals surface area contributed by atoms with Gasteiger partial charge < -0.3 is 19.4 Å². The van der Waals surface area contributed by atoms with E-state index in [-0.39, 0.29) is 29.5 Å². The van der Waals surface area contributed by atoms with Crippen molar-refractivity contribution in [3.8, 4) is 11.8 Å². The van der Waals surface area contributed by atoms with Crippen LogP contribution in [-0.4, -0.2) is 71.6 Å². The van der Waals surface area contributed by atoms with Gasteiger partial charge in [-0.05, 0) is 54.3 Å². The van der Waals surface area contributed by atoms with E-state index in [1.807, 2.05) is 58.9 Å². The number of rotatable bonds is 6. The molecule has 0 bridgehead atoms. The van der Waals surface area contributed by atoms with Crippen molar-refractivity contribution < 1.29 is 18.7 Å². The summed E-state index contributed by atoms with van der Waals surface area (Å²) in [5, 5.41) is 17.9. The Hall–Kier alpha value is -4.23. The molecule has 2 unspecified atom stereocenters. The molecule has 3 aromatic rings. The molecule has 0 saturated carbocycles. The summed E-state index contributed by atoms with van der Waals surface area (Å²) in [5.41, 5.74) is 1.64. The summed E-state index contributed by atoms with van der Waals surface area (Å²) < 4.78 is 20.6. The van der Waals surface area contributed by atoms with E-state index in [4.69, 9.17) is 21.6 Å². The van der Waals surface area contributed by atoms with Crippen molar-refractivity contribution >= 4 is 29.2 Å². The van der Waals surface area contributed by atoms with Crippen molar-refractivity contribution in [1.82, 2.24) is 20.0 Å². The van der Waals surface area contributed by atoms with Crippen LogP contribution in [0, 0.1) is 29.0 Å². The molecular weight excluding hydrogens is 583 g/mol. The van der Waals surface area contributed by atoms with E-state index < -0.39 is 17.7 Å². The summed E-state index contributed by atoms with van der Waals surface area (Å²) in [7, 11) is 1.48. The Bertz CT molecular complexity index is 1530. The fourth-order valence-electron chi connectivity index (χ4n) is 6.25. The third-order valence-corrected chi connectivity index (χ3v) is 8.82. The number of benzene rings is 2. The molecule has 2 aromatic carbocycles. The lowest BCUT2D eigenvalue weighted by molar-refractivity contribution is -0.142. The number of ether oxygens (including phenoxy) is 1. The fourth-order valence-corrected chi connectivity index (χ4v) is 6.38. The van der Waals surface area contributed by atoms with Gasteiger partial charge in [0.2, 0.25) is 11.8 Å². The van der Waals surface area contributed by atoms with Crippen LogP contribution in [0.2, 0.25) is 5.02 Å². The molecule has 0 N–H and O–H groups in total. The van der Waals surface area contributed by atoms with Crippen LogP contribution in [0.1, 0.15) is 55.5 Å². The van der Waals surface area contributed by atoms with Crippen molar-refractivity contribution in [3.05, 3.63) is 82.3 Å². The highest BCUT2D eigenvalue weighted by Gasteiger charge is 2.43. The van der Waals surface area contributed by atoms with E-state index >= 15 is 4.39 Å². The van der Waals surface area contributed by atoms with Crippen molar-refractivity contribution in [3.63, 3.8) is 0 Å². The first kappa shape index (κ1) is 31.2. The Kier molecular flexibility index (Phi) is 9.64. The summed E-state index contributed by atoms with van der Waals surface area (Å²) >= 11 is 6.14. The van der Waals surface area contributed by atoms with Crippen LogP contribution in [0.3, 0.4) is 0 Å². The summed E-state index contributed by atoms with van der Waals surface area (Å²) in [6, 6.07) is 17.5. The maximum Gasteiger partial charge on any atom is 0.228 e. The molecule has 9 nitrogen and oxygen atoms in total. The minimum absolute atomic E-state index is 0.0314. The number of halogens is 2. The van der Waals surface area contributed by atoms with E-state index in [2.05, 4.69) is 10.2 Å². The van der Waals surface area contributed by atoms with E-state index in [0.717, 1.165) is 5.56 Å². The number of carbonyl (C=O) groups excluding carboxylic acids is 2. The number of aromatic nitrogens is 2. The van der Waals surface area contributed by atoms with Gasteiger partial charge in [0, 0.05) is 55.6 Å². The highest BCUT2D eigenvalue weighted by Crippen LogP contribution is 2.38. The number of methoxy groups -OCH3 is 1. The first-order chi connectivity index (χ1) is 21.2. The second kappa shape index (κ2) is 13.6. The van der Waals surface area contributed by atoms with Crippen molar-refractivity contribution in [2.45, 2.75) is 38.6 Å². The van der Waals surface area contributed by atoms with Crippen LogP contribution in [0.25, 0.3) is 0 Å². The van der Waals surface area contributed by atoms with Crippen LogP contribution in [-0.2, 0) is 9.59 Å². The summed E-state index contributed by atoms with van der Waals surface area (Å²) in [4.78, 5) is 33.4. The molecule has 0 aliphatic carbocycles. The average Bonchev–Trinajstić information content (AvgIpc) is 3.46. The topological polar surface area (TPSA) is 103 Å². The Morgan fingerprint density at radius 1 is 1.05 bits per heavy atom. The second-order valence-corrected chi connectivity index (χ2v) is 12.1. The van der Waals surface area contributed by atoms with Gasteiger partial charge in [0.15, 0.2) is 11.5 Å². The molecule has 2 aliphatic rings. The first-order valence-corrected chi connectivity index (χ1v) is 15.2. The zero-order chi connectivity index (χ0) is 31.4. The second-order valence-electron chi connectivity index (χ2n) is 11.6. The molecule has 0 spiro atoms. The number of carbonyl (C=O) groups is 2. The van der Waals surface area contributed by atoms with Crippen molar-refractivity contribution in [2.75, 3.05) is 44.7 Å². The fraction of sp³-hybridized carbons (Fsp3) is 0.424. The van der Waals surface area contributed by atoms with Gasteiger partial charge in [0.1, 0.15) is 17.6 Å². The van der Waals surface area contributed by atoms with E-state index in [9.17, 15) is 9.59 Å². The van der Waals surface area contributed by atoms with Crippen LogP contribution in [0.4, 0.5) is 10.2 Å². The quantitative estimate of drug-likeness (QED) is 0.373. The maximum atomic E-state index is 15.4. The molecule has 11 heteroatoms. The number of amides is 2. The molecule has 1 aromatic heterocycles. The van der Waals surface area contributed by atoms with Gasteiger partial charge in [0.05, 0.1) is 19.1 Å². The van der Waals surface area contributed by atoms with Gasteiger partial charge in [-0.15, -0.1) is 10.2 Å². The molecule has 230 valence electrons. The number of hydrogen-bond acceptors (Lipinski definition) is 7. The minimum atomic E-state index is -0.559. The molecule has 2 aliphatic heterocycles. The van der Waals surface area contributed by atoms with Gasteiger partial charge in [-0.1, -0.05) is 43.6 Å². The lowest BCUT2D eigenvalue weighted by atomic mass is 9.87. The predicted octanol–water partition coefficient (Wildman–Crippen LogP) is 5.22. The summed E-state index contributed by atoms with van der Waals surface area (Å²) in [6.45, 7) is 5.71. The van der Waals surface area contributed by atoms with Gasteiger partial charge in [-0.25, -0.2) is 4.39 Å². The zero-order valence-corrected chi connectivity index (χ0v) is 25.9. The smallest absolute Gasteiger partial charge is 0.228 e. The molecule has 2 amide bonds. The first-order valence-electron chi connectivity index (χ1n) is 14.9. The van der Waals surface area contributed by atoms with E-state index in [1.165, 1.54) is 13.2 Å². The van der Waals surface area contributed by atoms with Gasteiger partial charge in [0.25, 0.3) is 0 Å². The number of nitriles is 1. The number of nitrogens with zero attached hydrogens (tertiary/aromatic N) is 6. The number of hydrogen-bond donors (Lipinski definition) is 0. The maximum absolute atomic E-state index is 15.4. The zero-order valence-electron chi connectivity index (χ0n) is 25.1. The lowest BCUT2D eigenvalue weighted by Crippen LogP contribution is -2.48. The molecule has 3 atom stereocenters. The van der Waals surface area contributed by atoms with E-state index in [0.29, 0.717) is 67.7 Å². The number of anilines is 1. The minimum Gasteiger partial charge on any atom is -0.497 e. The largest absolute Gasteiger partial charge is 0.497 e. The molecule has 3 heterocycles. The van der Waals surface area contributed by atoms with Crippen LogP contribution in [0.5, 0.6) is 5.75 Å². The van der Waals surface area contributed by atoms with Gasteiger partial charge in [-0.2, -0.15) is 5.26 Å². The summed E-state index contributed by atoms with van der Waals surface area (Å²) in [6.07, 6.45) is 1.39. The van der Waals surface area contributed by atoms with Crippen LogP contribution in [0.15, 0.2) is 54.6 Å². The lowest BCUT2D eigenvalue weighted by Gasteiger charge is -2.39. The summed E-state index contributed by atoms with van der Waals surface area (Å²) in [5.74, 6) is -0.788. The Balaban J connectivity index is 1.41. The predicted molar refractivity (Wildman–Crippen MR) is 165 cm³/mol. The van der Waals surface area contributed by atoms with Crippen LogP contribution >= 0.6 is 11.6 Å². The van der Waals surface area contributed by atoms with Crippen LogP contribution < -0.4 is 9.64 Å². The van der Waals surface area contributed by atoms with Crippen molar-refractivity contribution in [1.29, 1.82) is 5.26 Å². The SMILES string of the molecule is COc1ccc(C2CN(c3ccc(C#N)nn3)C[C@H]2C(=O)N2CCCC(c3ccc(Cl)cc3)N(C(=O)C(C)C)CC2)c(F)c1. The van der Waals surface area contributed by atoms with Gasteiger partial charge in [-0.3, -0.25) is 9.59 Å². The molecule has 2 fully saturated rings. The highest BCUT2D eigenvalue weighted by atomic mass is 35.5. The Morgan fingerprint density at radius 2 is 1.82 bits per heavy atom. The molecule has 2 saturated heterocycles. The third kappa shape index (κ3) is 6.63. The normalized spacial score (nSPS) is 20.7. The van der Waals surface area contributed by atoms with Gasteiger partial charge >= 0.3 is 0 Å². The molecule has 0 radical (unpaired) electrons. The third-order valence-electron chi connectivity index (χ3n) is 8.57. The molecule has 5 rings (SSSR count). The Labute approximate surface area is 262 Å². The average molecular weight is 619 g/mol. The van der Waals surface area contributed by atoms with E-state index in [1.54, 1.807) is 24.3 Å². The highest BCUT2D eigenvalue weighted by molar-refractivity contribution is 6.30. The van der Waals surface area contributed by atoms with Crippen molar-refractivity contribution in [2.24, 2.45) is 11.8 Å². The molecular formula is C33H36ClFN6O3. The monoisotopic (exact) mass is 618 g/mol. The molecule has 44 heavy (non-hydrogen) atoms. The standard InChI is InChI=1S/C33H36ClFN6O3/c1-21(2)32(42)41-16-15-39(14-4-5-30(41)22-6-8-23(34)9-7-22)33(43)28-20-40(31-13-10-24(18-36)37-38-31)19-27(28)26-12-11-25(44-3)17-29(26)35/h6-13,17,21,27-28,30H,4-5,14-16,19-20H2,1-3H3/t27?,28-,30?/m1/s1.